The molecule has 1 saturated heterocycles. The van der Waals surface area contributed by atoms with Crippen molar-refractivity contribution in [3.63, 3.8) is 0 Å². The van der Waals surface area contributed by atoms with Crippen LogP contribution in [0, 0.1) is 5.92 Å². The van der Waals surface area contributed by atoms with Crippen LogP contribution in [0.3, 0.4) is 0 Å². The molecule has 1 aliphatic heterocycles. The monoisotopic (exact) mass is 420 g/mol. The molecule has 0 spiro atoms. The minimum atomic E-state index is -2.61. The number of esters is 1. The SMILES string of the molecule is C=C/C=C/C[C@H]1C[C@@H](CO[Si](c2ccccc2)(c2ccccc2)C(C)(C)C)OC1=O. The van der Waals surface area contributed by atoms with Crippen molar-refractivity contribution in [2.24, 2.45) is 5.92 Å². The Morgan fingerprint density at radius 1 is 1.07 bits per heavy atom. The molecule has 30 heavy (non-hydrogen) atoms. The van der Waals surface area contributed by atoms with Crippen LogP contribution in [0.4, 0.5) is 0 Å². The zero-order valence-electron chi connectivity index (χ0n) is 18.2. The third kappa shape index (κ3) is 4.66. The maximum atomic E-state index is 12.3. The Labute approximate surface area is 181 Å². The van der Waals surface area contributed by atoms with Gasteiger partial charge in [-0.15, -0.1) is 0 Å². The fraction of sp³-hybridized carbons (Fsp3) is 0.346. The zero-order valence-corrected chi connectivity index (χ0v) is 19.2. The second-order valence-electron chi connectivity index (χ2n) is 8.87. The molecule has 2 aromatic rings. The van der Waals surface area contributed by atoms with Gasteiger partial charge in [0, 0.05) is 6.42 Å². The summed E-state index contributed by atoms with van der Waals surface area (Å²) in [5.41, 5.74) is 0. The Hall–Kier alpha value is -2.43. The smallest absolute Gasteiger partial charge is 0.309 e. The Balaban J connectivity index is 1.88. The molecule has 0 bridgehead atoms. The van der Waals surface area contributed by atoms with E-state index in [0.29, 0.717) is 19.4 Å². The molecule has 2 aromatic carbocycles. The van der Waals surface area contributed by atoms with E-state index in [1.165, 1.54) is 10.4 Å². The van der Waals surface area contributed by atoms with Gasteiger partial charge in [0.05, 0.1) is 12.5 Å². The van der Waals surface area contributed by atoms with Gasteiger partial charge in [-0.05, 0) is 21.8 Å². The normalized spacial score (nSPS) is 19.8. The van der Waals surface area contributed by atoms with E-state index in [2.05, 4.69) is 75.9 Å². The van der Waals surface area contributed by atoms with Crippen molar-refractivity contribution in [3.8, 4) is 0 Å². The van der Waals surface area contributed by atoms with Crippen molar-refractivity contribution < 1.29 is 14.0 Å². The second-order valence-corrected chi connectivity index (χ2v) is 13.2. The Morgan fingerprint density at radius 2 is 1.63 bits per heavy atom. The number of cyclic esters (lactones) is 1. The molecular formula is C26H32O3Si. The van der Waals surface area contributed by atoms with Crippen molar-refractivity contribution in [2.45, 2.75) is 44.8 Å². The predicted octanol–water partition coefficient (Wildman–Crippen LogP) is 4.63. The van der Waals surface area contributed by atoms with Gasteiger partial charge in [0.2, 0.25) is 0 Å². The van der Waals surface area contributed by atoms with Crippen LogP contribution in [-0.2, 0) is 14.0 Å². The topological polar surface area (TPSA) is 35.5 Å². The molecule has 0 unspecified atom stereocenters. The fourth-order valence-corrected chi connectivity index (χ4v) is 8.93. The van der Waals surface area contributed by atoms with E-state index in [1.807, 2.05) is 24.3 Å². The average Bonchev–Trinajstić information content (AvgIpc) is 3.09. The third-order valence-corrected chi connectivity index (χ3v) is 10.8. The molecule has 0 aromatic heterocycles. The highest BCUT2D eigenvalue weighted by molar-refractivity contribution is 6.99. The molecule has 0 radical (unpaired) electrons. The van der Waals surface area contributed by atoms with Crippen molar-refractivity contribution in [3.05, 3.63) is 85.5 Å². The van der Waals surface area contributed by atoms with E-state index in [0.717, 1.165) is 0 Å². The van der Waals surface area contributed by atoms with Gasteiger partial charge in [0.1, 0.15) is 6.10 Å². The molecular weight excluding hydrogens is 388 g/mol. The van der Waals surface area contributed by atoms with Crippen LogP contribution in [0.5, 0.6) is 0 Å². The van der Waals surface area contributed by atoms with E-state index < -0.39 is 8.32 Å². The van der Waals surface area contributed by atoms with Crippen LogP contribution in [0.2, 0.25) is 5.04 Å². The summed E-state index contributed by atoms with van der Waals surface area (Å²) in [6, 6.07) is 21.1. The largest absolute Gasteiger partial charge is 0.460 e. The molecule has 1 heterocycles. The minimum absolute atomic E-state index is 0.0928. The van der Waals surface area contributed by atoms with Crippen LogP contribution in [-0.4, -0.2) is 27.0 Å². The summed E-state index contributed by atoms with van der Waals surface area (Å²) >= 11 is 0. The number of ether oxygens (including phenoxy) is 1. The van der Waals surface area contributed by atoms with Crippen molar-refractivity contribution in [1.82, 2.24) is 0 Å². The van der Waals surface area contributed by atoms with Crippen LogP contribution >= 0.6 is 0 Å². The Kier molecular flexibility index (Phi) is 7.11. The molecule has 1 aliphatic rings. The predicted molar refractivity (Wildman–Crippen MR) is 126 cm³/mol. The zero-order chi connectivity index (χ0) is 21.6. The van der Waals surface area contributed by atoms with Gasteiger partial charge in [-0.1, -0.05) is 106 Å². The lowest BCUT2D eigenvalue weighted by molar-refractivity contribution is -0.145. The van der Waals surface area contributed by atoms with Crippen molar-refractivity contribution in [1.29, 1.82) is 0 Å². The van der Waals surface area contributed by atoms with Crippen LogP contribution < -0.4 is 10.4 Å². The van der Waals surface area contributed by atoms with Gasteiger partial charge in [0.15, 0.2) is 0 Å². The number of hydrogen-bond acceptors (Lipinski definition) is 3. The fourth-order valence-electron chi connectivity index (χ4n) is 4.34. The molecule has 0 amide bonds. The molecule has 4 heteroatoms. The summed E-state index contributed by atoms with van der Waals surface area (Å²) in [6.07, 6.45) is 6.74. The maximum absolute atomic E-state index is 12.3. The summed E-state index contributed by atoms with van der Waals surface area (Å²) < 4.78 is 12.6. The number of rotatable bonds is 8. The van der Waals surface area contributed by atoms with E-state index >= 15 is 0 Å². The molecule has 2 atom stereocenters. The lowest BCUT2D eigenvalue weighted by atomic mass is 10.0. The number of benzene rings is 2. The lowest BCUT2D eigenvalue weighted by Gasteiger charge is -2.43. The number of allylic oxidation sites excluding steroid dienone is 3. The second kappa shape index (κ2) is 9.58. The lowest BCUT2D eigenvalue weighted by Crippen LogP contribution is -2.67. The van der Waals surface area contributed by atoms with Crippen LogP contribution in [0.15, 0.2) is 85.5 Å². The van der Waals surface area contributed by atoms with Gasteiger partial charge in [-0.3, -0.25) is 4.79 Å². The van der Waals surface area contributed by atoms with Gasteiger partial charge in [0.25, 0.3) is 8.32 Å². The molecule has 3 nitrogen and oxygen atoms in total. The first-order chi connectivity index (χ1) is 14.4. The summed E-state index contributed by atoms with van der Waals surface area (Å²) in [4.78, 5) is 12.3. The summed E-state index contributed by atoms with van der Waals surface area (Å²) in [6.45, 7) is 10.9. The maximum Gasteiger partial charge on any atom is 0.309 e. The molecule has 0 N–H and O–H groups in total. The quantitative estimate of drug-likeness (QED) is 0.355. The Morgan fingerprint density at radius 3 is 2.13 bits per heavy atom. The third-order valence-electron chi connectivity index (χ3n) is 5.76. The summed E-state index contributed by atoms with van der Waals surface area (Å²) in [5, 5.41) is 2.38. The van der Waals surface area contributed by atoms with Gasteiger partial charge in [-0.25, -0.2) is 0 Å². The summed E-state index contributed by atoms with van der Waals surface area (Å²) in [7, 11) is -2.61. The van der Waals surface area contributed by atoms with E-state index in [1.54, 1.807) is 6.08 Å². The summed E-state index contributed by atoms with van der Waals surface area (Å²) in [5.74, 6) is -0.228. The highest BCUT2D eigenvalue weighted by Gasteiger charge is 2.51. The van der Waals surface area contributed by atoms with Gasteiger partial charge < -0.3 is 9.16 Å². The van der Waals surface area contributed by atoms with Crippen molar-refractivity contribution >= 4 is 24.7 Å². The highest BCUT2D eigenvalue weighted by Crippen LogP contribution is 2.37. The number of carbonyl (C=O) groups is 1. The molecule has 1 fully saturated rings. The molecule has 0 saturated carbocycles. The van der Waals surface area contributed by atoms with E-state index in [9.17, 15) is 4.79 Å². The molecule has 0 aliphatic carbocycles. The van der Waals surface area contributed by atoms with Gasteiger partial charge >= 0.3 is 5.97 Å². The van der Waals surface area contributed by atoms with E-state index in [4.69, 9.17) is 9.16 Å². The van der Waals surface area contributed by atoms with E-state index in [-0.39, 0.29) is 23.0 Å². The minimum Gasteiger partial charge on any atom is -0.460 e. The average molecular weight is 421 g/mol. The first-order valence-electron chi connectivity index (χ1n) is 10.6. The van der Waals surface area contributed by atoms with Gasteiger partial charge in [-0.2, -0.15) is 0 Å². The van der Waals surface area contributed by atoms with Crippen LogP contribution in [0.1, 0.15) is 33.6 Å². The molecule has 3 rings (SSSR count). The first kappa shape index (κ1) is 22.3. The van der Waals surface area contributed by atoms with Crippen LogP contribution in [0.25, 0.3) is 0 Å². The molecule has 158 valence electrons. The standard InChI is InChI=1S/C26H32O3Si/c1-5-6-9-14-21-19-22(29-25(21)27)20-28-30(26(2,3)4,23-15-10-7-11-16-23)24-17-12-8-13-18-24/h5-13,15-18,21-22H,1,14,19-20H2,2-4H3/b9-6+/t21-,22-/m0/s1. The highest BCUT2D eigenvalue weighted by atomic mass is 28.4. The number of carbonyl (C=O) groups excluding carboxylic acids is 1. The Bertz CT molecular complexity index is 829. The number of hydrogen-bond donors (Lipinski definition) is 0. The van der Waals surface area contributed by atoms with Crippen molar-refractivity contribution in [2.75, 3.05) is 6.61 Å². The first-order valence-corrected chi connectivity index (χ1v) is 12.5.